The van der Waals surface area contributed by atoms with Gasteiger partial charge in [0.25, 0.3) is 0 Å². The molecule has 2 heterocycles. The third-order valence-electron chi connectivity index (χ3n) is 4.89. The van der Waals surface area contributed by atoms with Gasteiger partial charge in [0.1, 0.15) is 10.7 Å². The van der Waals surface area contributed by atoms with Crippen molar-refractivity contribution in [2.45, 2.75) is 23.7 Å². The highest BCUT2D eigenvalue weighted by atomic mass is 35.5. The first-order chi connectivity index (χ1) is 13.5. The van der Waals surface area contributed by atoms with Crippen LogP contribution < -0.4 is 0 Å². The Morgan fingerprint density at radius 1 is 0.964 bits per heavy atom. The summed E-state index contributed by atoms with van der Waals surface area (Å²) in [6, 6.07) is 14.4. The molecule has 1 fully saturated rings. The molecule has 0 atom stereocenters. The molecule has 1 aliphatic heterocycles. The third kappa shape index (κ3) is 3.67. The largest absolute Gasteiger partial charge is 0.262 e. The molecular weight excluding hydrogens is 419 g/mol. The zero-order chi connectivity index (χ0) is 19.7. The minimum Gasteiger partial charge on any atom is -0.262 e. The van der Waals surface area contributed by atoms with E-state index in [0.29, 0.717) is 31.8 Å². The molecule has 4 rings (SSSR count). The Morgan fingerprint density at radius 3 is 2.25 bits per heavy atom. The molecule has 0 radical (unpaired) electrons. The van der Waals surface area contributed by atoms with Gasteiger partial charge in [-0.05, 0) is 25.0 Å². The molecule has 1 aliphatic rings. The Hall–Kier alpha value is -1.93. The van der Waals surface area contributed by atoms with E-state index in [9.17, 15) is 8.42 Å². The van der Waals surface area contributed by atoms with Gasteiger partial charge < -0.3 is 0 Å². The van der Waals surface area contributed by atoms with Crippen LogP contribution in [0.2, 0.25) is 10.0 Å². The molecule has 0 unspecified atom stereocenters. The molecule has 3 aromatic rings. The second-order valence-electron chi connectivity index (χ2n) is 6.64. The van der Waals surface area contributed by atoms with Gasteiger partial charge in [-0.2, -0.15) is 9.40 Å². The maximum absolute atomic E-state index is 13.0. The van der Waals surface area contributed by atoms with Gasteiger partial charge in [-0.25, -0.2) is 13.4 Å². The number of aromatic amines is 1. The van der Waals surface area contributed by atoms with E-state index in [0.717, 1.165) is 11.4 Å². The predicted octanol–water partition coefficient (Wildman–Crippen LogP) is 4.35. The Morgan fingerprint density at radius 2 is 1.61 bits per heavy atom. The van der Waals surface area contributed by atoms with Crippen LogP contribution in [-0.2, 0) is 10.0 Å². The van der Waals surface area contributed by atoms with Crippen molar-refractivity contribution >= 4 is 33.2 Å². The lowest BCUT2D eigenvalue weighted by molar-refractivity contribution is 0.314. The van der Waals surface area contributed by atoms with Crippen LogP contribution in [-0.4, -0.2) is 41.0 Å². The average Bonchev–Trinajstić information content (AvgIpc) is 3.19. The van der Waals surface area contributed by atoms with Crippen LogP contribution in [0, 0.1) is 0 Å². The molecule has 0 amide bonds. The number of benzene rings is 2. The fraction of sp³-hybridized carbons (Fsp3) is 0.263. The topological polar surface area (TPSA) is 79.0 Å². The van der Waals surface area contributed by atoms with E-state index < -0.39 is 10.0 Å². The fourth-order valence-corrected chi connectivity index (χ4v) is 5.96. The number of rotatable bonds is 4. The van der Waals surface area contributed by atoms with Gasteiger partial charge in [0, 0.05) is 24.6 Å². The molecular formula is C19H18Cl2N4O2S. The second kappa shape index (κ2) is 7.83. The van der Waals surface area contributed by atoms with E-state index in [-0.39, 0.29) is 20.9 Å². The zero-order valence-electron chi connectivity index (χ0n) is 14.8. The molecule has 1 N–H and O–H groups in total. The van der Waals surface area contributed by atoms with Crippen LogP contribution in [0.5, 0.6) is 0 Å². The van der Waals surface area contributed by atoms with E-state index in [1.165, 1.54) is 16.4 Å². The van der Waals surface area contributed by atoms with Crippen LogP contribution in [0.4, 0.5) is 0 Å². The molecule has 6 nitrogen and oxygen atoms in total. The number of nitrogens with zero attached hydrogens (tertiary/aromatic N) is 3. The number of hydrogen-bond donors (Lipinski definition) is 1. The molecule has 2 aromatic carbocycles. The van der Waals surface area contributed by atoms with Crippen LogP contribution in [0.15, 0.2) is 53.4 Å². The van der Waals surface area contributed by atoms with Gasteiger partial charge >= 0.3 is 0 Å². The highest BCUT2D eigenvalue weighted by Gasteiger charge is 2.33. The summed E-state index contributed by atoms with van der Waals surface area (Å²) in [5.74, 6) is 1.55. The monoisotopic (exact) mass is 436 g/mol. The standard InChI is InChI=1S/C19H18Cl2N4O2S/c20-15-7-4-8-16(21)17(15)28(26,27)25-11-9-14(10-12-25)19-22-18(23-24-19)13-5-2-1-3-6-13/h1-8,14H,9-12H2,(H,22,23,24). The lowest BCUT2D eigenvalue weighted by Crippen LogP contribution is -2.38. The molecule has 1 saturated heterocycles. The minimum absolute atomic E-state index is 0.0252. The van der Waals surface area contributed by atoms with Crippen LogP contribution in [0.1, 0.15) is 24.6 Å². The molecule has 0 bridgehead atoms. The molecule has 0 spiro atoms. The van der Waals surface area contributed by atoms with Crippen molar-refractivity contribution in [3.63, 3.8) is 0 Å². The first-order valence-electron chi connectivity index (χ1n) is 8.88. The number of aromatic nitrogens is 3. The maximum atomic E-state index is 13.0. The van der Waals surface area contributed by atoms with E-state index in [1.807, 2.05) is 30.3 Å². The lowest BCUT2D eigenvalue weighted by Gasteiger charge is -2.30. The van der Waals surface area contributed by atoms with E-state index in [4.69, 9.17) is 23.2 Å². The lowest BCUT2D eigenvalue weighted by atomic mass is 9.97. The fourth-order valence-electron chi connectivity index (χ4n) is 3.40. The van der Waals surface area contributed by atoms with E-state index >= 15 is 0 Å². The number of halogens is 2. The van der Waals surface area contributed by atoms with Crippen molar-refractivity contribution in [3.05, 3.63) is 64.4 Å². The van der Waals surface area contributed by atoms with Crippen molar-refractivity contribution in [2.75, 3.05) is 13.1 Å². The molecule has 28 heavy (non-hydrogen) atoms. The highest BCUT2D eigenvalue weighted by molar-refractivity contribution is 7.89. The Bertz CT molecular complexity index is 1060. The van der Waals surface area contributed by atoms with Crippen molar-refractivity contribution < 1.29 is 8.42 Å². The summed E-state index contributed by atoms with van der Waals surface area (Å²) in [6.07, 6.45) is 1.29. The second-order valence-corrected chi connectivity index (χ2v) is 9.33. The normalized spacial score (nSPS) is 16.4. The smallest absolute Gasteiger partial charge is 0.246 e. The molecule has 0 aliphatic carbocycles. The molecule has 1 aromatic heterocycles. The number of sulfonamides is 1. The Kier molecular flexibility index (Phi) is 5.42. The van der Waals surface area contributed by atoms with Crippen molar-refractivity contribution in [1.82, 2.24) is 19.5 Å². The summed E-state index contributed by atoms with van der Waals surface area (Å²) in [4.78, 5) is 4.58. The maximum Gasteiger partial charge on any atom is 0.246 e. The van der Waals surface area contributed by atoms with Gasteiger partial charge in [0.05, 0.1) is 10.0 Å². The first kappa shape index (κ1) is 19.4. The minimum atomic E-state index is -3.74. The van der Waals surface area contributed by atoms with Crippen LogP contribution >= 0.6 is 23.2 Å². The summed E-state index contributed by atoms with van der Waals surface area (Å²) < 4.78 is 27.4. The van der Waals surface area contributed by atoms with Gasteiger partial charge in [-0.1, -0.05) is 59.6 Å². The van der Waals surface area contributed by atoms with Crippen molar-refractivity contribution in [1.29, 1.82) is 0 Å². The Balaban J connectivity index is 1.49. The van der Waals surface area contributed by atoms with E-state index in [1.54, 1.807) is 6.07 Å². The summed E-state index contributed by atoms with van der Waals surface area (Å²) >= 11 is 12.2. The Labute approximate surface area is 173 Å². The third-order valence-corrected chi connectivity index (χ3v) is 7.75. The average molecular weight is 437 g/mol. The zero-order valence-corrected chi connectivity index (χ0v) is 17.2. The van der Waals surface area contributed by atoms with Gasteiger partial charge in [-0.15, -0.1) is 0 Å². The number of hydrogen-bond acceptors (Lipinski definition) is 4. The summed E-state index contributed by atoms with van der Waals surface area (Å²) in [5, 5.41) is 7.58. The summed E-state index contributed by atoms with van der Waals surface area (Å²) in [6.45, 7) is 0.742. The first-order valence-corrected chi connectivity index (χ1v) is 11.1. The molecule has 9 heteroatoms. The SMILES string of the molecule is O=S(=O)(c1c(Cl)cccc1Cl)N1CCC(c2nc(-c3ccccc3)n[nH]2)CC1. The van der Waals surface area contributed by atoms with Gasteiger partial charge in [0.2, 0.25) is 10.0 Å². The molecule has 0 saturated carbocycles. The van der Waals surface area contributed by atoms with Crippen LogP contribution in [0.3, 0.4) is 0 Å². The van der Waals surface area contributed by atoms with Crippen LogP contribution in [0.25, 0.3) is 11.4 Å². The number of piperidine rings is 1. The number of H-pyrrole nitrogens is 1. The predicted molar refractivity (Wildman–Crippen MR) is 109 cm³/mol. The quantitative estimate of drug-likeness (QED) is 0.659. The highest BCUT2D eigenvalue weighted by Crippen LogP contribution is 2.35. The summed E-state index contributed by atoms with van der Waals surface area (Å²) in [5.41, 5.74) is 0.943. The van der Waals surface area contributed by atoms with Gasteiger partial charge in [-0.3, -0.25) is 5.10 Å². The van der Waals surface area contributed by atoms with Gasteiger partial charge in [0.15, 0.2) is 5.82 Å². The molecule has 146 valence electrons. The van der Waals surface area contributed by atoms with E-state index in [2.05, 4.69) is 15.2 Å². The number of nitrogens with one attached hydrogen (secondary N) is 1. The summed E-state index contributed by atoms with van der Waals surface area (Å²) in [7, 11) is -3.74. The van der Waals surface area contributed by atoms with Crippen molar-refractivity contribution in [2.24, 2.45) is 0 Å². The van der Waals surface area contributed by atoms with Crippen molar-refractivity contribution in [3.8, 4) is 11.4 Å².